The summed E-state index contributed by atoms with van der Waals surface area (Å²) < 4.78 is 6.15. The van der Waals surface area contributed by atoms with E-state index in [1.807, 2.05) is 49.4 Å². The molecule has 0 bridgehead atoms. The Labute approximate surface area is 179 Å². The molecule has 2 aromatic heterocycles. The molecule has 0 unspecified atom stereocenters. The van der Waals surface area contributed by atoms with Crippen molar-refractivity contribution in [3.8, 4) is 16.9 Å². The number of halogens is 1. The number of amides is 1. The zero-order valence-corrected chi connectivity index (χ0v) is 17.7. The monoisotopic (exact) mass is 420 g/mol. The quantitative estimate of drug-likeness (QED) is 0.500. The molecule has 2 aromatic carbocycles. The topological polar surface area (TPSA) is 71.1 Å². The van der Waals surface area contributed by atoms with Crippen LogP contribution in [-0.4, -0.2) is 40.1 Å². The number of aryl methyl sites for hydroxylation is 1. The molecule has 1 N–H and O–H groups in total. The van der Waals surface area contributed by atoms with Crippen LogP contribution in [0, 0.1) is 6.92 Å². The predicted octanol–water partition coefficient (Wildman–Crippen LogP) is 4.87. The average molecular weight is 421 g/mol. The Hall–Kier alpha value is -3.38. The van der Waals surface area contributed by atoms with E-state index in [4.69, 9.17) is 16.3 Å². The molecule has 2 heterocycles. The van der Waals surface area contributed by atoms with E-state index in [2.05, 4.69) is 15.2 Å². The Morgan fingerprint density at radius 3 is 2.80 bits per heavy atom. The van der Waals surface area contributed by atoms with Crippen LogP contribution in [0.1, 0.15) is 21.6 Å². The number of hydrogen-bond acceptors (Lipinski definition) is 4. The molecule has 0 aliphatic carbocycles. The molecule has 0 aliphatic heterocycles. The molecule has 30 heavy (non-hydrogen) atoms. The molecule has 1 amide bonds. The summed E-state index contributed by atoms with van der Waals surface area (Å²) >= 11 is 6.41. The number of ether oxygens (including phenoxy) is 1. The minimum atomic E-state index is -0.0633. The van der Waals surface area contributed by atoms with Gasteiger partial charge in [-0.3, -0.25) is 14.9 Å². The first kappa shape index (κ1) is 19.9. The molecule has 6 nitrogen and oxygen atoms in total. The molecule has 4 aromatic rings. The lowest BCUT2D eigenvalue weighted by Gasteiger charge is -2.15. The van der Waals surface area contributed by atoms with E-state index in [0.29, 0.717) is 16.3 Å². The lowest BCUT2D eigenvalue weighted by molar-refractivity contribution is 0.0827. The number of carbonyl (C=O) groups excluding carboxylic acids is 1. The number of pyridine rings is 1. The van der Waals surface area contributed by atoms with Crippen LogP contribution >= 0.6 is 11.6 Å². The Kier molecular flexibility index (Phi) is 5.42. The van der Waals surface area contributed by atoms with Gasteiger partial charge in [0.1, 0.15) is 23.6 Å². The van der Waals surface area contributed by atoms with Gasteiger partial charge in [-0.1, -0.05) is 23.7 Å². The van der Waals surface area contributed by atoms with E-state index in [-0.39, 0.29) is 12.5 Å². The fourth-order valence-corrected chi connectivity index (χ4v) is 3.39. The number of nitrogens with zero attached hydrogens (tertiary/aromatic N) is 3. The number of rotatable bonds is 5. The van der Waals surface area contributed by atoms with E-state index in [9.17, 15) is 4.79 Å². The first-order valence-electron chi connectivity index (χ1n) is 9.47. The second-order valence-corrected chi connectivity index (χ2v) is 7.64. The zero-order valence-electron chi connectivity index (χ0n) is 16.9. The molecule has 0 aliphatic rings. The van der Waals surface area contributed by atoms with Crippen molar-refractivity contribution in [3.05, 3.63) is 76.6 Å². The summed E-state index contributed by atoms with van der Waals surface area (Å²) in [6.45, 7) is 2.18. The summed E-state index contributed by atoms with van der Waals surface area (Å²) in [5, 5.41) is 7.92. The van der Waals surface area contributed by atoms with Crippen molar-refractivity contribution < 1.29 is 9.53 Å². The number of hydrogen-bond donors (Lipinski definition) is 1. The lowest BCUT2D eigenvalue weighted by Crippen LogP contribution is -2.21. The van der Waals surface area contributed by atoms with E-state index >= 15 is 0 Å². The van der Waals surface area contributed by atoms with Crippen molar-refractivity contribution in [1.29, 1.82) is 0 Å². The third-order valence-electron chi connectivity index (χ3n) is 4.84. The average Bonchev–Trinajstić information content (AvgIpc) is 3.17. The van der Waals surface area contributed by atoms with Gasteiger partial charge < -0.3 is 9.64 Å². The lowest BCUT2D eigenvalue weighted by atomic mass is 10.00. The van der Waals surface area contributed by atoms with Crippen LogP contribution in [0.15, 0.2) is 54.7 Å². The van der Waals surface area contributed by atoms with Gasteiger partial charge in [0.25, 0.3) is 5.91 Å². The minimum Gasteiger partial charge on any atom is -0.486 e. The number of aromatic nitrogens is 3. The summed E-state index contributed by atoms with van der Waals surface area (Å²) in [4.78, 5) is 18.3. The fourth-order valence-electron chi connectivity index (χ4n) is 3.23. The largest absolute Gasteiger partial charge is 0.486 e. The minimum absolute atomic E-state index is 0.0633. The van der Waals surface area contributed by atoms with Crippen molar-refractivity contribution >= 4 is 28.5 Å². The zero-order chi connectivity index (χ0) is 21.3. The maximum atomic E-state index is 12.4. The van der Waals surface area contributed by atoms with Gasteiger partial charge in [0.05, 0.1) is 5.52 Å². The van der Waals surface area contributed by atoms with Gasteiger partial charge in [-0.25, -0.2) is 0 Å². The normalized spacial score (nSPS) is 10.9. The summed E-state index contributed by atoms with van der Waals surface area (Å²) in [6.07, 6.45) is 1.73. The van der Waals surface area contributed by atoms with E-state index in [1.165, 1.54) is 0 Å². The number of aromatic amines is 1. The third kappa shape index (κ3) is 3.86. The van der Waals surface area contributed by atoms with Crippen LogP contribution < -0.4 is 4.74 Å². The highest BCUT2D eigenvalue weighted by atomic mass is 35.5. The van der Waals surface area contributed by atoms with Crippen LogP contribution in [0.25, 0.3) is 22.2 Å². The Morgan fingerprint density at radius 2 is 2.00 bits per heavy atom. The Balaban J connectivity index is 1.70. The van der Waals surface area contributed by atoms with Crippen molar-refractivity contribution in [2.45, 2.75) is 13.5 Å². The molecule has 0 radical (unpaired) electrons. The van der Waals surface area contributed by atoms with E-state index in [1.54, 1.807) is 31.3 Å². The van der Waals surface area contributed by atoms with Gasteiger partial charge >= 0.3 is 0 Å². The molecule has 0 saturated carbocycles. The molecule has 4 rings (SSSR count). The molecule has 0 atom stereocenters. The van der Waals surface area contributed by atoms with Crippen LogP contribution in [0.4, 0.5) is 0 Å². The number of nitrogens with one attached hydrogen (secondary N) is 1. The molecule has 152 valence electrons. The maximum Gasteiger partial charge on any atom is 0.253 e. The fraction of sp³-hybridized carbons (Fsp3) is 0.174. The van der Waals surface area contributed by atoms with Crippen LogP contribution in [0.5, 0.6) is 5.75 Å². The highest BCUT2D eigenvalue weighted by Gasteiger charge is 2.15. The van der Waals surface area contributed by atoms with Gasteiger partial charge in [-0.05, 0) is 54.4 Å². The van der Waals surface area contributed by atoms with Gasteiger partial charge in [-0.15, -0.1) is 0 Å². The third-order valence-corrected chi connectivity index (χ3v) is 5.25. The van der Waals surface area contributed by atoms with Crippen LogP contribution in [0.3, 0.4) is 0 Å². The SMILES string of the molecule is Cc1cc(OCc2n[nH]c3cccnc23)c(-c2cccc(C(=O)N(C)C)c2)cc1Cl. The van der Waals surface area contributed by atoms with Gasteiger partial charge in [0, 0.05) is 36.4 Å². The van der Waals surface area contributed by atoms with Gasteiger partial charge in [-0.2, -0.15) is 5.10 Å². The number of fused-ring (bicyclic) bond motifs is 1. The predicted molar refractivity (Wildman–Crippen MR) is 118 cm³/mol. The van der Waals surface area contributed by atoms with Gasteiger partial charge in [0.2, 0.25) is 0 Å². The summed E-state index contributed by atoms with van der Waals surface area (Å²) in [5.41, 5.74) is 5.53. The van der Waals surface area contributed by atoms with Gasteiger partial charge in [0.15, 0.2) is 0 Å². The molecule has 0 saturated heterocycles. The van der Waals surface area contributed by atoms with Crippen LogP contribution in [-0.2, 0) is 6.61 Å². The van der Waals surface area contributed by atoms with Crippen molar-refractivity contribution in [2.24, 2.45) is 0 Å². The maximum absolute atomic E-state index is 12.4. The first-order valence-corrected chi connectivity index (χ1v) is 9.85. The standard InChI is InChI=1S/C23H21ClN4O2/c1-14-10-21(30-13-20-22-19(26-27-20)8-5-9-25-22)17(12-18(14)24)15-6-4-7-16(11-15)23(29)28(2)3/h4-12H,13H2,1-3H3,(H,26,27). The van der Waals surface area contributed by atoms with E-state index in [0.717, 1.165) is 33.4 Å². The molecule has 0 fully saturated rings. The highest BCUT2D eigenvalue weighted by molar-refractivity contribution is 6.31. The smallest absolute Gasteiger partial charge is 0.253 e. The van der Waals surface area contributed by atoms with Crippen molar-refractivity contribution in [2.75, 3.05) is 14.1 Å². The molecule has 7 heteroatoms. The second kappa shape index (κ2) is 8.16. The number of H-pyrrole nitrogens is 1. The highest BCUT2D eigenvalue weighted by Crippen LogP contribution is 2.36. The summed E-state index contributed by atoms with van der Waals surface area (Å²) in [6, 6.07) is 15.0. The van der Waals surface area contributed by atoms with E-state index < -0.39 is 0 Å². The Bertz CT molecular complexity index is 1230. The first-order chi connectivity index (χ1) is 14.4. The molecular weight excluding hydrogens is 400 g/mol. The summed E-state index contributed by atoms with van der Waals surface area (Å²) in [7, 11) is 3.46. The van der Waals surface area contributed by atoms with Crippen molar-refractivity contribution in [3.63, 3.8) is 0 Å². The Morgan fingerprint density at radius 1 is 1.17 bits per heavy atom. The molecule has 0 spiro atoms. The number of carbonyl (C=O) groups is 1. The number of benzene rings is 2. The second-order valence-electron chi connectivity index (χ2n) is 7.24. The summed E-state index contributed by atoms with van der Waals surface area (Å²) in [5.74, 6) is 0.602. The van der Waals surface area contributed by atoms with Crippen molar-refractivity contribution in [1.82, 2.24) is 20.1 Å². The van der Waals surface area contributed by atoms with Crippen LogP contribution in [0.2, 0.25) is 5.02 Å². The molecular formula is C23H21ClN4O2.